The van der Waals surface area contributed by atoms with Crippen LogP contribution in [0.3, 0.4) is 0 Å². The number of likely N-dealkylation sites (N-methyl/N-ethyl adjacent to an activating group) is 1. The molecule has 138 valence electrons. The van der Waals surface area contributed by atoms with E-state index < -0.39 is 5.97 Å². The van der Waals surface area contributed by atoms with Crippen molar-refractivity contribution in [3.8, 4) is 5.75 Å². The van der Waals surface area contributed by atoms with Gasteiger partial charge < -0.3 is 10.2 Å². The molecule has 0 bridgehead atoms. The third-order valence-electron chi connectivity index (χ3n) is 3.98. The van der Waals surface area contributed by atoms with Crippen LogP contribution in [0.1, 0.15) is 28.4 Å². The lowest BCUT2D eigenvalue weighted by atomic mass is 10.1. The van der Waals surface area contributed by atoms with Crippen molar-refractivity contribution in [2.75, 3.05) is 6.54 Å². The monoisotopic (exact) mass is 382 g/mol. The molecule has 27 heavy (non-hydrogen) atoms. The van der Waals surface area contributed by atoms with E-state index in [9.17, 15) is 14.7 Å². The summed E-state index contributed by atoms with van der Waals surface area (Å²) >= 11 is 1.25. The quantitative estimate of drug-likeness (QED) is 0.780. The number of nitrogens with zero attached hydrogens (tertiary/aromatic N) is 2. The summed E-state index contributed by atoms with van der Waals surface area (Å²) in [6.07, 6.45) is 1.83. The Balaban J connectivity index is 1.94. The molecule has 6 nitrogen and oxygen atoms in total. The van der Waals surface area contributed by atoms with Crippen molar-refractivity contribution in [2.45, 2.75) is 13.8 Å². The van der Waals surface area contributed by atoms with Crippen molar-refractivity contribution in [3.63, 3.8) is 0 Å². The highest BCUT2D eigenvalue weighted by molar-refractivity contribution is 8.18. The molecule has 2 N–H and O–H groups in total. The molecule has 1 amide bonds. The number of benzene rings is 2. The molecule has 2 aromatic rings. The summed E-state index contributed by atoms with van der Waals surface area (Å²) in [5, 5.41) is 19.3. The fraction of sp³-hybridized carbons (Fsp3) is 0.150. The number of hydrogen-bond donors (Lipinski definition) is 2. The molecule has 1 aliphatic rings. The van der Waals surface area contributed by atoms with E-state index in [1.807, 2.05) is 44.2 Å². The Kier molecular flexibility index (Phi) is 5.32. The topological polar surface area (TPSA) is 90.2 Å². The van der Waals surface area contributed by atoms with Crippen LogP contribution in [0.25, 0.3) is 6.08 Å². The van der Waals surface area contributed by atoms with E-state index in [-0.39, 0.29) is 17.2 Å². The van der Waals surface area contributed by atoms with Gasteiger partial charge in [0.1, 0.15) is 11.3 Å². The highest BCUT2D eigenvalue weighted by Crippen LogP contribution is 2.35. The first-order valence-electron chi connectivity index (χ1n) is 8.32. The van der Waals surface area contributed by atoms with Gasteiger partial charge in [0.25, 0.3) is 5.91 Å². The third kappa shape index (κ3) is 4.03. The maximum Gasteiger partial charge on any atom is 0.339 e. The number of thioether (sulfide) groups is 1. The smallest absolute Gasteiger partial charge is 0.339 e. The first-order chi connectivity index (χ1) is 12.9. The van der Waals surface area contributed by atoms with E-state index in [0.717, 1.165) is 11.1 Å². The second-order valence-electron chi connectivity index (χ2n) is 5.98. The molecule has 1 heterocycles. The third-order valence-corrected chi connectivity index (χ3v) is 4.99. The molecule has 3 rings (SSSR count). The molecule has 0 atom stereocenters. The molecule has 0 saturated carbocycles. The lowest BCUT2D eigenvalue weighted by molar-refractivity contribution is -0.122. The van der Waals surface area contributed by atoms with Crippen LogP contribution in [0.5, 0.6) is 5.75 Å². The van der Waals surface area contributed by atoms with Crippen LogP contribution in [0.15, 0.2) is 52.4 Å². The van der Waals surface area contributed by atoms with Crippen LogP contribution >= 0.6 is 11.8 Å². The first-order valence-corrected chi connectivity index (χ1v) is 9.13. The van der Waals surface area contributed by atoms with E-state index in [2.05, 4.69) is 4.99 Å². The maximum atomic E-state index is 12.7. The standard InChI is InChI=1S/C20H18N2O4S/c1-3-22-18(24)17(10-13-6-4-5-12(2)9-13)27-20(22)21-14-7-8-15(19(25)26)16(23)11-14/h4-11,23H,3H2,1-2H3,(H,25,26)/b17-10-,21-20?. The van der Waals surface area contributed by atoms with Crippen molar-refractivity contribution in [1.29, 1.82) is 0 Å². The van der Waals surface area contributed by atoms with Crippen molar-refractivity contribution < 1.29 is 19.8 Å². The van der Waals surface area contributed by atoms with E-state index in [1.165, 1.54) is 30.0 Å². The van der Waals surface area contributed by atoms with Gasteiger partial charge in [0.2, 0.25) is 0 Å². The van der Waals surface area contributed by atoms with Gasteiger partial charge >= 0.3 is 5.97 Å². The first kappa shape index (κ1) is 18.7. The molecular weight excluding hydrogens is 364 g/mol. The molecular formula is C20H18N2O4S. The molecule has 0 spiro atoms. The van der Waals surface area contributed by atoms with E-state index in [1.54, 1.807) is 4.90 Å². The van der Waals surface area contributed by atoms with E-state index in [4.69, 9.17) is 5.11 Å². The van der Waals surface area contributed by atoms with Gasteiger partial charge in [-0.15, -0.1) is 0 Å². The number of carbonyl (C=O) groups excluding carboxylic acids is 1. The predicted molar refractivity (Wildman–Crippen MR) is 106 cm³/mol. The molecule has 1 fully saturated rings. The highest BCUT2D eigenvalue weighted by Gasteiger charge is 2.32. The number of rotatable bonds is 4. The Morgan fingerprint density at radius 2 is 2.04 bits per heavy atom. The second-order valence-corrected chi connectivity index (χ2v) is 6.98. The van der Waals surface area contributed by atoms with E-state index >= 15 is 0 Å². The molecule has 1 aliphatic heterocycles. The average molecular weight is 382 g/mol. The lowest BCUT2D eigenvalue weighted by Gasteiger charge is -2.12. The fourth-order valence-electron chi connectivity index (χ4n) is 2.66. The summed E-state index contributed by atoms with van der Waals surface area (Å²) in [4.78, 5) is 30.2. The Morgan fingerprint density at radius 3 is 2.67 bits per heavy atom. The van der Waals surface area contributed by atoms with E-state index in [0.29, 0.717) is 22.3 Å². The van der Waals surface area contributed by atoms with Gasteiger partial charge in [-0.3, -0.25) is 9.69 Å². The number of carboxylic acid groups (broad SMARTS) is 1. The number of amidine groups is 1. The summed E-state index contributed by atoms with van der Waals surface area (Å²) in [6.45, 7) is 4.30. The largest absolute Gasteiger partial charge is 0.507 e. The fourth-order valence-corrected chi connectivity index (χ4v) is 3.72. The van der Waals surface area contributed by atoms with Crippen molar-refractivity contribution in [2.24, 2.45) is 4.99 Å². The second kappa shape index (κ2) is 7.67. The van der Waals surface area contributed by atoms with Gasteiger partial charge in [0, 0.05) is 12.6 Å². The van der Waals surface area contributed by atoms with Crippen molar-refractivity contribution in [3.05, 3.63) is 64.1 Å². The summed E-state index contributed by atoms with van der Waals surface area (Å²) in [7, 11) is 0. The Bertz CT molecular complexity index is 982. The SMILES string of the molecule is CCN1C(=O)/C(=C/c2cccc(C)c2)SC1=Nc1ccc(C(=O)O)c(O)c1. The van der Waals surface area contributed by atoms with Crippen LogP contribution in [-0.2, 0) is 4.79 Å². The van der Waals surface area contributed by atoms with Gasteiger partial charge in [-0.05, 0) is 49.4 Å². The molecule has 0 aliphatic carbocycles. The number of carbonyl (C=O) groups is 2. The number of hydrogen-bond acceptors (Lipinski definition) is 5. The normalized spacial score (nSPS) is 17.1. The number of aliphatic imine (C=N–C) groups is 1. The van der Waals surface area contributed by atoms with Gasteiger partial charge in [-0.2, -0.15) is 0 Å². The minimum Gasteiger partial charge on any atom is -0.507 e. The summed E-state index contributed by atoms with van der Waals surface area (Å²) in [5.74, 6) is -1.71. The van der Waals surface area contributed by atoms with Crippen LogP contribution in [-0.4, -0.2) is 38.7 Å². The zero-order chi connectivity index (χ0) is 19.6. The highest BCUT2D eigenvalue weighted by atomic mass is 32.2. The zero-order valence-corrected chi connectivity index (χ0v) is 15.7. The maximum absolute atomic E-state index is 12.7. The average Bonchev–Trinajstić information content (AvgIpc) is 2.89. The molecule has 2 aromatic carbocycles. The lowest BCUT2D eigenvalue weighted by Crippen LogP contribution is -2.28. The van der Waals surface area contributed by atoms with Gasteiger partial charge in [-0.25, -0.2) is 9.79 Å². The minimum absolute atomic E-state index is 0.130. The minimum atomic E-state index is -1.21. The van der Waals surface area contributed by atoms with Gasteiger partial charge in [0.15, 0.2) is 5.17 Å². The number of aromatic hydroxyl groups is 1. The zero-order valence-electron chi connectivity index (χ0n) is 14.8. The molecule has 7 heteroatoms. The van der Waals surface area contributed by atoms with Crippen molar-refractivity contribution in [1.82, 2.24) is 4.90 Å². The van der Waals surface area contributed by atoms with Crippen molar-refractivity contribution >= 4 is 40.6 Å². The number of aryl methyl sites for hydroxylation is 1. The van der Waals surface area contributed by atoms with Crippen LogP contribution in [0, 0.1) is 6.92 Å². The molecule has 0 radical (unpaired) electrons. The molecule has 0 aromatic heterocycles. The van der Waals surface area contributed by atoms with Gasteiger partial charge in [-0.1, -0.05) is 29.8 Å². The van der Waals surface area contributed by atoms with Crippen LogP contribution in [0.4, 0.5) is 5.69 Å². The van der Waals surface area contributed by atoms with Crippen LogP contribution in [0.2, 0.25) is 0 Å². The number of amides is 1. The number of phenols is 1. The number of aromatic carboxylic acids is 1. The number of carboxylic acids is 1. The Labute approximate surface area is 160 Å². The predicted octanol–water partition coefficient (Wildman–Crippen LogP) is 4.02. The molecule has 1 saturated heterocycles. The Hall–Kier alpha value is -3.06. The Morgan fingerprint density at radius 1 is 1.26 bits per heavy atom. The van der Waals surface area contributed by atoms with Gasteiger partial charge in [0.05, 0.1) is 10.6 Å². The summed E-state index contributed by atoms with van der Waals surface area (Å²) in [6, 6.07) is 11.9. The summed E-state index contributed by atoms with van der Waals surface area (Å²) < 4.78 is 0. The van der Waals surface area contributed by atoms with Crippen LogP contribution < -0.4 is 0 Å². The summed E-state index contributed by atoms with van der Waals surface area (Å²) in [5.41, 5.74) is 2.23. The molecule has 0 unspecified atom stereocenters.